The van der Waals surface area contributed by atoms with E-state index in [1.807, 2.05) is 0 Å². The second kappa shape index (κ2) is 5.16. The number of halogens is 4. The number of hydrogen-bond donors (Lipinski definition) is 2. The van der Waals surface area contributed by atoms with Gasteiger partial charge in [-0.2, -0.15) is 13.2 Å². The Kier molecular flexibility index (Phi) is 3.75. The van der Waals surface area contributed by atoms with Crippen molar-refractivity contribution in [2.45, 2.75) is 19.0 Å². The summed E-state index contributed by atoms with van der Waals surface area (Å²) in [5.41, 5.74) is -0.468. The van der Waals surface area contributed by atoms with Crippen LogP contribution in [-0.2, 0) is 19.0 Å². The fraction of sp³-hybridized carbons (Fsp3) is 0.250. The van der Waals surface area contributed by atoms with Gasteiger partial charge in [0.1, 0.15) is 5.82 Å². The van der Waals surface area contributed by atoms with Crippen molar-refractivity contribution in [3.8, 4) is 0 Å². The molecule has 1 heterocycles. The van der Waals surface area contributed by atoms with Gasteiger partial charge in [0, 0.05) is 11.9 Å². The van der Waals surface area contributed by atoms with E-state index in [2.05, 4.69) is 9.97 Å². The van der Waals surface area contributed by atoms with Gasteiger partial charge in [0.05, 0.1) is 5.56 Å². The van der Waals surface area contributed by atoms with Crippen LogP contribution in [0.1, 0.15) is 16.8 Å². The molecule has 19 heavy (non-hydrogen) atoms. The number of aromatic amines is 2. The average Bonchev–Trinajstić information content (AvgIpc) is 2.72. The molecule has 0 saturated carbocycles. The largest absolute Gasteiger partial charge is 0.419 e. The Morgan fingerprint density at radius 3 is 2.47 bits per heavy atom. The molecule has 0 saturated heterocycles. The number of alkyl halides is 3. The van der Waals surface area contributed by atoms with Crippen LogP contribution in [-0.4, -0.2) is 9.97 Å². The van der Waals surface area contributed by atoms with Crippen molar-refractivity contribution in [3.63, 3.8) is 0 Å². The van der Waals surface area contributed by atoms with Crippen molar-refractivity contribution in [2.75, 3.05) is 0 Å². The second-order valence-electron chi connectivity index (χ2n) is 4.04. The average molecular weight is 290 g/mol. The number of imidazole rings is 1. The number of benzene rings is 1. The third-order valence-corrected chi connectivity index (χ3v) is 2.92. The van der Waals surface area contributed by atoms with Crippen molar-refractivity contribution in [2.24, 2.45) is 0 Å². The van der Waals surface area contributed by atoms with Gasteiger partial charge in [-0.1, -0.05) is 12.1 Å². The van der Waals surface area contributed by atoms with Gasteiger partial charge >= 0.3 is 6.18 Å². The molecule has 0 amide bonds. The zero-order valence-electron chi connectivity index (χ0n) is 9.64. The van der Waals surface area contributed by atoms with Gasteiger partial charge in [-0.15, -0.1) is 0 Å². The van der Waals surface area contributed by atoms with Gasteiger partial charge in [0.15, 0.2) is 4.77 Å². The first kappa shape index (κ1) is 13.8. The van der Waals surface area contributed by atoms with Crippen molar-refractivity contribution in [1.82, 2.24) is 9.97 Å². The standard InChI is InChI=1S/C12H10F4N2S/c13-10-7(2-1-3-9(10)12(14,15)16)4-5-8-6-17-11(19)18-8/h1-3,6H,4-5H2,(H2,17,18,19). The summed E-state index contributed by atoms with van der Waals surface area (Å²) in [6, 6.07) is 3.30. The van der Waals surface area contributed by atoms with Crippen LogP contribution in [0.2, 0.25) is 0 Å². The lowest BCUT2D eigenvalue weighted by atomic mass is 10.0. The molecule has 102 valence electrons. The van der Waals surface area contributed by atoms with E-state index in [0.717, 1.165) is 11.8 Å². The molecule has 2 N–H and O–H groups in total. The molecular weight excluding hydrogens is 280 g/mol. The first-order chi connectivity index (χ1) is 8.88. The lowest BCUT2D eigenvalue weighted by Gasteiger charge is -2.10. The number of H-pyrrole nitrogens is 2. The van der Waals surface area contributed by atoms with E-state index in [-0.39, 0.29) is 12.0 Å². The van der Waals surface area contributed by atoms with Crippen molar-refractivity contribution in [1.29, 1.82) is 0 Å². The number of nitrogens with one attached hydrogen (secondary N) is 2. The van der Waals surface area contributed by atoms with Crippen LogP contribution < -0.4 is 0 Å². The van der Waals surface area contributed by atoms with E-state index >= 15 is 0 Å². The van der Waals surface area contributed by atoms with E-state index in [9.17, 15) is 17.6 Å². The normalized spacial score (nSPS) is 11.8. The summed E-state index contributed by atoms with van der Waals surface area (Å²) in [7, 11) is 0. The highest BCUT2D eigenvalue weighted by atomic mass is 32.1. The maximum absolute atomic E-state index is 13.7. The third kappa shape index (κ3) is 3.23. The molecule has 1 aromatic heterocycles. The van der Waals surface area contributed by atoms with Gasteiger partial charge < -0.3 is 9.97 Å². The molecular formula is C12H10F4N2S. The number of hydrogen-bond acceptors (Lipinski definition) is 1. The molecule has 0 aliphatic carbocycles. The molecule has 0 unspecified atom stereocenters. The highest BCUT2D eigenvalue weighted by molar-refractivity contribution is 7.71. The monoisotopic (exact) mass is 290 g/mol. The first-order valence-corrected chi connectivity index (χ1v) is 5.90. The zero-order chi connectivity index (χ0) is 14.0. The van der Waals surface area contributed by atoms with Gasteiger partial charge in [0.25, 0.3) is 0 Å². The maximum atomic E-state index is 13.7. The molecule has 2 aromatic rings. The van der Waals surface area contributed by atoms with E-state index in [0.29, 0.717) is 11.2 Å². The predicted octanol–water partition coefficient (Wildman–Crippen LogP) is 4.02. The van der Waals surface area contributed by atoms with Gasteiger partial charge in [0.2, 0.25) is 0 Å². The topological polar surface area (TPSA) is 31.6 Å². The lowest BCUT2D eigenvalue weighted by molar-refractivity contribution is -0.140. The van der Waals surface area contributed by atoms with Crippen molar-refractivity contribution >= 4 is 12.2 Å². The Balaban J connectivity index is 2.19. The Bertz CT molecular complexity index is 627. The van der Waals surface area contributed by atoms with Crippen LogP contribution in [0.3, 0.4) is 0 Å². The highest BCUT2D eigenvalue weighted by Gasteiger charge is 2.34. The van der Waals surface area contributed by atoms with Gasteiger partial charge in [-0.25, -0.2) is 4.39 Å². The van der Waals surface area contributed by atoms with Crippen molar-refractivity contribution < 1.29 is 17.6 Å². The highest BCUT2D eigenvalue weighted by Crippen LogP contribution is 2.32. The van der Waals surface area contributed by atoms with E-state index < -0.39 is 17.6 Å². The summed E-state index contributed by atoms with van der Waals surface area (Å²) in [5, 5.41) is 0. The molecule has 7 heteroatoms. The Morgan fingerprint density at radius 2 is 1.89 bits per heavy atom. The minimum absolute atomic E-state index is 0.0374. The number of aromatic nitrogens is 2. The minimum Gasteiger partial charge on any atom is -0.337 e. The van der Waals surface area contributed by atoms with Crippen molar-refractivity contribution in [3.05, 3.63) is 51.8 Å². The molecule has 2 nitrogen and oxygen atoms in total. The summed E-state index contributed by atoms with van der Waals surface area (Å²) in [6.45, 7) is 0. The maximum Gasteiger partial charge on any atom is 0.419 e. The van der Waals surface area contributed by atoms with E-state index in [1.165, 1.54) is 12.1 Å². The predicted molar refractivity (Wildman–Crippen MR) is 64.8 cm³/mol. The lowest BCUT2D eigenvalue weighted by Crippen LogP contribution is -2.10. The molecule has 0 atom stereocenters. The first-order valence-electron chi connectivity index (χ1n) is 5.49. The van der Waals surface area contributed by atoms with E-state index in [1.54, 1.807) is 6.20 Å². The summed E-state index contributed by atoms with van der Waals surface area (Å²) < 4.78 is 51.7. The van der Waals surface area contributed by atoms with Gasteiger partial charge in [-0.3, -0.25) is 0 Å². The van der Waals surface area contributed by atoms with Crippen LogP contribution in [0.4, 0.5) is 17.6 Å². The van der Waals surface area contributed by atoms with E-state index in [4.69, 9.17) is 12.2 Å². The Hall–Kier alpha value is -1.63. The summed E-state index contributed by atoms with van der Waals surface area (Å²) in [5.74, 6) is -1.20. The Morgan fingerprint density at radius 1 is 1.16 bits per heavy atom. The zero-order valence-corrected chi connectivity index (χ0v) is 10.5. The summed E-state index contributed by atoms with van der Waals surface area (Å²) in [4.78, 5) is 5.57. The number of rotatable bonds is 3. The fourth-order valence-corrected chi connectivity index (χ4v) is 1.96. The number of aryl methyl sites for hydroxylation is 2. The van der Waals surface area contributed by atoms with Gasteiger partial charge in [-0.05, 0) is 36.7 Å². The van der Waals surface area contributed by atoms with Crippen LogP contribution in [0.5, 0.6) is 0 Å². The van der Waals surface area contributed by atoms with Crippen LogP contribution in [0.25, 0.3) is 0 Å². The molecule has 0 aliphatic rings. The van der Waals surface area contributed by atoms with Crippen LogP contribution in [0.15, 0.2) is 24.4 Å². The fourth-order valence-electron chi connectivity index (χ4n) is 1.77. The van der Waals surface area contributed by atoms with Crippen LogP contribution in [0, 0.1) is 10.6 Å². The molecule has 2 rings (SSSR count). The molecule has 0 spiro atoms. The molecule has 0 fully saturated rings. The molecule has 0 aliphatic heterocycles. The smallest absolute Gasteiger partial charge is 0.337 e. The third-order valence-electron chi connectivity index (χ3n) is 2.70. The second-order valence-corrected chi connectivity index (χ2v) is 4.45. The quantitative estimate of drug-likeness (QED) is 0.649. The summed E-state index contributed by atoms with van der Waals surface area (Å²) >= 11 is 4.83. The molecule has 0 radical (unpaired) electrons. The van der Waals surface area contributed by atoms with Crippen LogP contribution >= 0.6 is 12.2 Å². The Labute approximate surface area is 111 Å². The molecule has 0 bridgehead atoms. The minimum atomic E-state index is -4.67. The molecule has 1 aromatic carbocycles. The SMILES string of the molecule is Fc1c(CCc2c[nH]c(=S)[nH]2)cccc1C(F)(F)F. The summed E-state index contributed by atoms with van der Waals surface area (Å²) in [6.07, 6.45) is -2.51.